The highest BCUT2D eigenvalue weighted by molar-refractivity contribution is 6.30. The van der Waals surface area contributed by atoms with E-state index in [1.165, 1.54) is 6.07 Å². The van der Waals surface area contributed by atoms with E-state index in [-0.39, 0.29) is 24.8 Å². The summed E-state index contributed by atoms with van der Waals surface area (Å²) in [6.45, 7) is 3.30. The molecule has 0 saturated carbocycles. The fourth-order valence-corrected chi connectivity index (χ4v) is 4.98. The van der Waals surface area contributed by atoms with Gasteiger partial charge in [0.25, 0.3) is 5.91 Å². The standard InChI is InChI=1S/C30H32ClFN2O3/c1-22-12-13-24(16-27(22)32)29(36)34-15-7-14-30(20-34,21-37-26-11-6-10-25(31)17-26)18-28(35)33(2)19-23-8-4-3-5-9-23/h3-6,8-13,16-17H,7,14-15,18-21H2,1-2H3. The van der Waals surface area contributed by atoms with E-state index in [2.05, 4.69) is 0 Å². The second kappa shape index (κ2) is 11.8. The number of carbonyl (C=O) groups is 2. The summed E-state index contributed by atoms with van der Waals surface area (Å²) in [5, 5.41) is 0.562. The van der Waals surface area contributed by atoms with Crippen molar-refractivity contribution in [2.75, 3.05) is 26.7 Å². The van der Waals surface area contributed by atoms with E-state index in [9.17, 15) is 14.0 Å². The quantitative estimate of drug-likeness (QED) is 0.357. The first-order valence-electron chi connectivity index (χ1n) is 12.5. The third-order valence-corrected chi connectivity index (χ3v) is 7.16. The van der Waals surface area contributed by atoms with Crippen molar-refractivity contribution in [1.29, 1.82) is 0 Å². The van der Waals surface area contributed by atoms with E-state index < -0.39 is 11.2 Å². The topological polar surface area (TPSA) is 49.9 Å². The van der Waals surface area contributed by atoms with Crippen LogP contribution in [0.4, 0.5) is 4.39 Å². The number of likely N-dealkylation sites (tertiary alicyclic amines) is 1. The van der Waals surface area contributed by atoms with Gasteiger partial charge in [-0.05, 0) is 61.2 Å². The van der Waals surface area contributed by atoms with Crippen LogP contribution < -0.4 is 4.74 Å². The maximum atomic E-state index is 14.2. The summed E-state index contributed by atoms with van der Waals surface area (Å²) in [6.07, 6.45) is 1.67. The molecule has 194 valence electrons. The Kier molecular flexibility index (Phi) is 8.49. The number of aryl methyl sites for hydroxylation is 1. The van der Waals surface area contributed by atoms with Gasteiger partial charge in [0.15, 0.2) is 0 Å². The summed E-state index contributed by atoms with van der Waals surface area (Å²) in [6, 6.07) is 21.5. The summed E-state index contributed by atoms with van der Waals surface area (Å²) in [5.41, 5.74) is 1.25. The normalized spacial score (nSPS) is 17.4. The molecule has 37 heavy (non-hydrogen) atoms. The van der Waals surface area contributed by atoms with Gasteiger partial charge in [-0.3, -0.25) is 9.59 Å². The van der Waals surface area contributed by atoms with Crippen molar-refractivity contribution in [3.63, 3.8) is 0 Å². The van der Waals surface area contributed by atoms with Gasteiger partial charge in [0, 0.05) is 49.1 Å². The molecule has 1 atom stereocenters. The molecule has 0 radical (unpaired) electrons. The number of amides is 2. The molecular weight excluding hydrogens is 491 g/mol. The summed E-state index contributed by atoms with van der Waals surface area (Å²) in [4.78, 5) is 30.2. The van der Waals surface area contributed by atoms with Gasteiger partial charge >= 0.3 is 0 Å². The monoisotopic (exact) mass is 522 g/mol. The predicted octanol–water partition coefficient (Wildman–Crippen LogP) is 6.14. The third kappa shape index (κ3) is 6.89. The molecule has 1 fully saturated rings. The minimum atomic E-state index is -0.596. The molecule has 1 aliphatic rings. The van der Waals surface area contributed by atoms with E-state index in [0.717, 1.165) is 12.0 Å². The Bertz CT molecular complexity index is 1250. The van der Waals surface area contributed by atoms with Gasteiger partial charge in [-0.15, -0.1) is 0 Å². The van der Waals surface area contributed by atoms with Crippen molar-refractivity contribution in [2.24, 2.45) is 5.41 Å². The minimum absolute atomic E-state index is 0.0192. The van der Waals surface area contributed by atoms with E-state index in [4.69, 9.17) is 16.3 Å². The number of halogens is 2. The van der Waals surface area contributed by atoms with Crippen LogP contribution in [-0.4, -0.2) is 48.4 Å². The summed E-state index contributed by atoms with van der Waals surface area (Å²) >= 11 is 6.14. The first kappa shape index (κ1) is 26.7. The van der Waals surface area contributed by atoms with Crippen molar-refractivity contribution in [3.05, 3.63) is 100 Å². The largest absolute Gasteiger partial charge is 0.493 e. The fourth-order valence-electron chi connectivity index (χ4n) is 4.80. The van der Waals surface area contributed by atoms with Gasteiger partial charge in [0.05, 0.1) is 6.61 Å². The fraction of sp³-hybridized carbons (Fsp3) is 0.333. The highest BCUT2D eigenvalue weighted by atomic mass is 35.5. The van der Waals surface area contributed by atoms with Gasteiger partial charge in [0.1, 0.15) is 11.6 Å². The highest BCUT2D eigenvalue weighted by Gasteiger charge is 2.41. The van der Waals surface area contributed by atoms with Crippen molar-refractivity contribution in [2.45, 2.75) is 32.7 Å². The second-order valence-corrected chi connectivity index (χ2v) is 10.4. The van der Waals surface area contributed by atoms with E-state index in [0.29, 0.717) is 48.0 Å². The number of benzene rings is 3. The van der Waals surface area contributed by atoms with Crippen LogP contribution in [0.15, 0.2) is 72.8 Å². The Balaban J connectivity index is 1.54. The molecule has 2 amide bonds. The average Bonchev–Trinajstić information content (AvgIpc) is 2.89. The average molecular weight is 523 g/mol. The molecular formula is C30H32ClFN2O3. The van der Waals surface area contributed by atoms with Gasteiger partial charge < -0.3 is 14.5 Å². The van der Waals surface area contributed by atoms with Crippen molar-refractivity contribution < 1.29 is 18.7 Å². The van der Waals surface area contributed by atoms with Gasteiger partial charge in [0.2, 0.25) is 5.91 Å². The molecule has 1 aliphatic heterocycles. The van der Waals surface area contributed by atoms with Crippen molar-refractivity contribution >= 4 is 23.4 Å². The van der Waals surface area contributed by atoms with Crippen LogP contribution in [0.1, 0.15) is 40.7 Å². The number of rotatable bonds is 8. The summed E-state index contributed by atoms with van der Waals surface area (Å²) < 4.78 is 20.3. The Morgan fingerprint density at radius 1 is 1.08 bits per heavy atom. The van der Waals surface area contributed by atoms with E-state index in [1.54, 1.807) is 48.0 Å². The predicted molar refractivity (Wildman–Crippen MR) is 143 cm³/mol. The number of carbonyl (C=O) groups excluding carboxylic acids is 2. The molecule has 1 heterocycles. The zero-order chi connectivity index (χ0) is 26.4. The smallest absolute Gasteiger partial charge is 0.253 e. The number of piperidine rings is 1. The highest BCUT2D eigenvalue weighted by Crippen LogP contribution is 2.36. The third-order valence-electron chi connectivity index (χ3n) is 6.92. The molecule has 0 spiro atoms. The van der Waals surface area contributed by atoms with Crippen LogP contribution in [0.5, 0.6) is 5.75 Å². The number of nitrogens with zero attached hydrogens (tertiary/aromatic N) is 2. The van der Waals surface area contributed by atoms with E-state index >= 15 is 0 Å². The molecule has 3 aromatic rings. The second-order valence-electron chi connectivity index (χ2n) is 9.95. The Morgan fingerprint density at radius 3 is 2.59 bits per heavy atom. The Morgan fingerprint density at radius 2 is 1.86 bits per heavy atom. The molecule has 0 aliphatic carbocycles. The van der Waals surface area contributed by atoms with Crippen LogP contribution in [0.2, 0.25) is 5.02 Å². The molecule has 4 rings (SSSR count). The summed E-state index contributed by atoms with van der Waals surface area (Å²) in [5.74, 6) is -0.0535. The number of hydrogen-bond donors (Lipinski definition) is 0. The molecule has 1 saturated heterocycles. The lowest BCUT2D eigenvalue weighted by Crippen LogP contribution is -2.50. The maximum absolute atomic E-state index is 14.2. The molecule has 5 nitrogen and oxygen atoms in total. The SMILES string of the molecule is Cc1ccc(C(=O)N2CCCC(COc3cccc(Cl)c3)(CC(=O)N(C)Cc3ccccc3)C2)cc1F. The van der Waals surface area contributed by atoms with Crippen molar-refractivity contribution in [3.8, 4) is 5.75 Å². The lowest BCUT2D eigenvalue weighted by Gasteiger charge is -2.43. The molecule has 3 aromatic carbocycles. The zero-order valence-electron chi connectivity index (χ0n) is 21.3. The summed E-state index contributed by atoms with van der Waals surface area (Å²) in [7, 11) is 1.79. The van der Waals surface area contributed by atoms with Gasteiger partial charge in [-0.2, -0.15) is 0 Å². The van der Waals surface area contributed by atoms with Crippen molar-refractivity contribution in [1.82, 2.24) is 9.80 Å². The molecule has 1 unspecified atom stereocenters. The van der Waals surface area contributed by atoms with E-state index in [1.807, 2.05) is 42.5 Å². The van der Waals surface area contributed by atoms with Crippen LogP contribution in [0, 0.1) is 18.2 Å². The van der Waals surface area contributed by atoms with Gasteiger partial charge in [-0.1, -0.05) is 54.1 Å². The minimum Gasteiger partial charge on any atom is -0.493 e. The number of ether oxygens (including phenoxy) is 1. The number of hydrogen-bond acceptors (Lipinski definition) is 3. The first-order valence-corrected chi connectivity index (χ1v) is 12.8. The lowest BCUT2D eigenvalue weighted by molar-refractivity contribution is -0.134. The molecule has 0 bridgehead atoms. The zero-order valence-corrected chi connectivity index (χ0v) is 22.0. The molecule has 7 heteroatoms. The van der Waals surface area contributed by atoms with Crippen LogP contribution >= 0.6 is 11.6 Å². The molecule has 0 aromatic heterocycles. The first-order chi connectivity index (χ1) is 17.7. The van der Waals surface area contributed by atoms with Crippen LogP contribution in [0.25, 0.3) is 0 Å². The Labute approximate surface area is 222 Å². The van der Waals surface area contributed by atoms with Gasteiger partial charge in [-0.25, -0.2) is 4.39 Å². The van der Waals surface area contributed by atoms with Crippen LogP contribution in [-0.2, 0) is 11.3 Å². The maximum Gasteiger partial charge on any atom is 0.253 e. The Hall–Kier alpha value is -3.38. The van der Waals surface area contributed by atoms with Crippen LogP contribution in [0.3, 0.4) is 0 Å². The lowest BCUT2D eigenvalue weighted by atomic mass is 9.77. The molecule has 0 N–H and O–H groups in total.